The van der Waals surface area contributed by atoms with E-state index in [1.54, 1.807) is 0 Å². The van der Waals surface area contributed by atoms with E-state index in [2.05, 4.69) is 13.8 Å². The van der Waals surface area contributed by atoms with E-state index in [4.69, 9.17) is 18.9 Å². The van der Waals surface area contributed by atoms with Gasteiger partial charge in [-0.1, -0.05) is 164 Å². The van der Waals surface area contributed by atoms with Crippen LogP contribution in [0.5, 0.6) is 0 Å². The summed E-state index contributed by atoms with van der Waals surface area (Å²) in [6.07, 6.45) is 27.0. The zero-order valence-electron chi connectivity index (χ0n) is 41.1. The minimum atomic E-state index is -1.03. The average Bonchev–Trinajstić information content (AvgIpc) is 3.27. The molecule has 0 aliphatic rings. The van der Waals surface area contributed by atoms with Crippen molar-refractivity contribution in [3.63, 3.8) is 0 Å². The normalized spacial score (nSPS) is 12.7. The predicted molar refractivity (Wildman–Crippen MR) is 258 cm³/mol. The summed E-state index contributed by atoms with van der Waals surface area (Å²) < 4.78 is 23.0. The smallest absolute Gasteiger partial charge is 0.550 e. The molecule has 0 aliphatic heterocycles. The minimum absolute atomic E-state index is 0. The number of carbonyl (C=O) groups excluding carboxylic acids is 4. The van der Waals surface area contributed by atoms with Gasteiger partial charge in [0.25, 0.3) is 0 Å². The van der Waals surface area contributed by atoms with Crippen molar-refractivity contribution in [1.29, 1.82) is 0 Å². The molecule has 11 heteroatoms. The molecule has 0 aliphatic carbocycles. The third kappa shape index (κ3) is 40.6. The van der Waals surface area contributed by atoms with E-state index in [0.29, 0.717) is 26.1 Å². The van der Waals surface area contributed by atoms with E-state index in [1.807, 2.05) is 60.7 Å². The van der Waals surface area contributed by atoms with Crippen LogP contribution in [0.3, 0.4) is 0 Å². The number of rotatable bonds is 40. The first-order chi connectivity index (χ1) is 31.0. The quantitative estimate of drug-likeness (QED) is 0.0358. The molecule has 364 valence electrons. The van der Waals surface area contributed by atoms with Gasteiger partial charge >= 0.3 is 60.8 Å². The summed E-state index contributed by atoms with van der Waals surface area (Å²) in [6.45, 7) is 8.40. The van der Waals surface area contributed by atoms with Crippen molar-refractivity contribution in [2.75, 3.05) is 0 Å². The zero-order valence-corrected chi connectivity index (χ0v) is 45.5. The van der Waals surface area contributed by atoms with Gasteiger partial charge in [0.05, 0.1) is 25.4 Å². The summed E-state index contributed by atoms with van der Waals surface area (Å²) in [6, 6.07) is 19.9. The molecule has 0 spiro atoms. The molecule has 10 nitrogen and oxygen atoms in total. The second-order valence-electron chi connectivity index (χ2n) is 17.5. The maximum Gasteiger partial charge on any atom is 2.00 e. The second-order valence-corrected chi connectivity index (χ2v) is 17.5. The molecule has 0 radical (unpaired) electrons. The SMILES string of the molecule is CCCCCCCCC(CCCCCC(CCC(=O)[O-])OCc1ccccc1)OC(C)=O.CCCCCCCCC(CCCCCC(CCC(=O)[O-])OCc1ccccc1)OC(C)=O.[Ba+2]. The Labute approximate surface area is 434 Å². The van der Waals surface area contributed by atoms with Gasteiger partial charge in [-0.3, -0.25) is 9.59 Å². The average molecular weight is 1030 g/mol. The van der Waals surface area contributed by atoms with Gasteiger partial charge in [0.2, 0.25) is 0 Å². The molecule has 2 rings (SSSR count). The number of aliphatic carboxylic acids is 2. The second kappa shape index (κ2) is 44.3. The van der Waals surface area contributed by atoms with Gasteiger partial charge in [0.15, 0.2) is 0 Å². The summed E-state index contributed by atoms with van der Waals surface area (Å²) in [5, 5.41) is 21.7. The summed E-state index contributed by atoms with van der Waals surface area (Å²) in [7, 11) is 0. The Balaban J connectivity index is 0.00000124. The monoisotopic (exact) mass is 1030 g/mol. The number of hydrogen-bond acceptors (Lipinski definition) is 10. The fourth-order valence-corrected chi connectivity index (χ4v) is 7.90. The van der Waals surface area contributed by atoms with Gasteiger partial charge in [-0.25, -0.2) is 0 Å². The molecule has 0 N–H and O–H groups in total. The topological polar surface area (TPSA) is 151 Å². The van der Waals surface area contributed by atoms with Gasteiger partial charge in [0, 0.05) is 25.8 Å². The standard InChI is InChI=1S/2C27H44O5.Ba/c2*1-3-4-5-6-7-12-18-26(32-23(2)28)19-14-9-13-17-25(20-21-27(29)30)31-22-24-15-10-8-11-16-24;/h2*8,10-11,15-16,25-26H,3-7,9,12-14,17-22H2,1-2H3,(H,29,30);/q;;+2/p-2. The fourth-order valence-electron chi connectivity index (χ4n) is 7.90. The van der Waals surface area contributed by atoms with Crippen LogP contribution in [-0.4, -0.2) is 97.2 Å². The first kappa shape index (κ1) is 62.8. The number of hydrogen-bond donors (Lipinski definition) is 0. The van der Waals surface area contributed by atoms with Crippen LogP contribution in [0.2, 0.25) is 0 Å². The van der Waals surface area contributed by atoms with Crippen molar-refractivity contribution in [2.24, 2.45) is 0 Å². The number of benzene rings is 2. The summed E-state index contributed by atoms with van der Waals surface area (Å²) in [5.41, 5.74) is 2.18. The van der Waals surface area contributed by atoms with E-state index in [-0.39, 0.29) is 98.1 Å². The maximum atomic E-state index is 11.4. The third-order valence-electron chi connectivity index (χ3n) is 11.5. The molecule has 0 fully saturated rings. The van der Waals surface area contributed by atoms with Crippen LogP contribution in [0.25, 0.3) is 0 Å². The van der Waals surface area contributed by atoms with Crippen LogP contribution in [0.4, 0.5) is 0 Å². The molecule has 0 saturated heterocycles. The van der Waals surface area contributed by atoms with Crippen molar-refractivity contribution in [3.05, 3.63) is 71.8 Å². The zero-order chi connectivity index (χ0) is 46.9. The van der Waals surface area contributed by atoms with Crippen LogP contribution in [0, 0.1) is 0 Å². The first-order valence-corrected chi connectivity index (χ1v) is 25.1. The van der Waals surface area contributed by atoms with Gasteiger partial charge in [-0.15, -0.1) is 0 Å². The summed E-state index contributed by atoms with van der Waals surface area (Å²) in [4.78, 5) is 44.6. The molecule has 4 atom stereocenters. The molecular formula is C54H86BaO10. The molecule has 0 aromatic heterocycles. The Hall–Kier alpha value is -2.19. The Morgan fingerprint density at radius 3 is 0.985 bits per heavy atom. The van der Waals surface area contributed by atoms with Crippen LogP contribution < -0.4 is 10.2 Å². The molecular weight excluding hydrogens is 946 g/mol. The molecule has 4 unspecified atom stereocenters. The molecule has 0 bridgehead atoms. The number of carboxylic acids is 2. The molecule has 2 aromatic carbocycles. The van der Waals surface area contributed by atoms with E-state index in [9.17, 15) is 29.4 Å². The van der Waals surface area contributed by atoms with Crippen molar-refractivity contribution >= 4 is 72.8 Å². The Morgan fingerprint density at radius 1 is 0.415 bits per heavy atom. The number of unbranched alkanes of at least 4 members (excludes halogenated alkanes) is 14. The van der Waals surface area contributed by atoms with Crippen LogP contribution in [0.15, 0.2) is 60.7 Å². The van der Waals surface area contributed by atoms with E-state index < -0.39 is 11.9 Å². The van der Waals surface area contributed by atoms with Crippen molar-refractivity contribution in [2.45, 2.75) is 245 Å². The largest absolute Gasteiger partial charge is 2.00 e. The fraction of sp³-hybridized carbons (Fsp3) is 0.704. The Kier molecular flexibility index (Phi) is 42.8. The first-order valence-electron chi connectivity index (χ1n) is 25.1. The minimum Gasteiger partial charge on any atom is -0.550 e. The predicted octanol–water partition coefficient (Wildman–Crippen LogP) is 11.1. The van der Waals surface area contributed by atoms with Gasteiger partial charge in [-0.2, -0.15) is 0 Å². The third-order valence-corrected chi connectivity index (χ3v) is 11.5. The summed E-state index contributed by atoms with van der Waals surface area (Å²) >= 11 is 0. The number of esters is 2. The Bertz CT molecular complexity index is 1320. The van der Waals surface area contributed by atoms with E-state index in [1.165, 1.54) is 78.1 Å². The molecule has 0 saturated carbocycles. The Morgan fingerprint density at radius 2 is 0.692 bits per heavy atom. The number of carboxylic acid groups (broad SMARTS) is 2. The number of ether oxygens (including phenoxy) is 4. The van der Waals surface area contributed by atoms with Crippen LogP contribution in [0.1, 0.15) is 219 Å². The maximum absolute atomic E-state index is 11.4. The number of carbonyl (C=O) groups is 4. The molecule has 2 aromatic rings. The van der Waals surface area contributed by atoms with E-state index >= 15 is 0 Å². The molecule has 65 heavy (non-hydrogen) atoms. The van der Waals surface area contributed by atoms with Crippen LogP contribution in [-0.2, 0) is 51.3 Å². The van der Waals surface area contributed by atoms with Gasteiger partial charge in [-0.05, 0) is 101 Å². The van der Waals surface area contributed by atoms with Gasteiger partial charge < -0.3 is 38.7 Å². The van der Waals surface area contributed by atoms with Crippen molar-refractivity contribution in [1.82, 2.24) is 0 Å². The van der Waals surface area contributed by atoms with Crippen LogP contribution >= 0.6 is 0 Å². The molecule has 0 amide bonds. The van der Waals surface area contributed by atoms with Crippen molar-refractivity contribution < 1.29 is 48.3 Å². The van der Waals surface area contributed by atoms with Gasteiger partial charge in [0.1, 0.15) is 12.2 Å². The van der Waals surface area contributed by atoms with E-state index in [0.717, 1.165) is 101 Å². The molecule has 0 heterocycles. The summed E-state index contributed by atoms with van der Waals surface area (Å²) in [5.74, 6) is -2.45. The van der Waals surface area contributed by atoms with Crippen molar-refractivity contribution in [3.8, 4) is 0 Å².